The van der Waals surface area contributed by atoms with Crippen molar-refractivity contribution >= 4 is 12.0 Å². The van der Waals surface area contributed by atoms with Crippen molar-refractivity contribution in [2.45, 2.75) is 96.2 Å². The second kappa shape index (κ2) is 13.4. The summed E-state index contributed by atoms with van der Waals surface area (Å²) in [6.07, 6.45) is 0.232. The third kappa shape index (κ3) is 5.91. The van der Waals surface area contributed by atoms with Gasteiger partial charge in [-0.05, 0) is 72.6 Å². The minimum atomic E-state index is -0.915. The van der Waals surface area contributed by atoms with Crippen molar-refractivity contribution in [1.82, 2.24) is 20.4 Å². The lowest BCUT2D eigenvalue weighted by Crippen LogP contribution is -2.69. The van der Waals surface area contributed by atoms with Crippen LogP contribution in [0.25, 0.3) is 0 Å². The van der Waals surface area contributed by atoms with E-state index in [1.165, 1.54) is 0 Å². The Morgan fingerprint density at radius 3 is 2.50 bits per heavy atom. The predicted octanol–water partition coefficient (Wildman–Crippen LogP) is 3.53. The van der Waals surface area contributed by atoms with Crippen LogP contribution in [0.15, 0.2) is 6.07 Å². The summed E-state index contributed by atoms with van der Waals surface area (Å²) in [5.74, 6) is 1.78. The number of carbonyl (C=O) groups excluding carboxylic acids is 2. The van der Waals surface area contributed by atoms with Gasteiger partial charge in [0.2, 0.25) is 12.7 Å². The molecule has 0 radical (unpaired) electrons. The van der Waals surface area contributed by atoms with E-state index in [1.807, 2.05) is 14.0 Å². The summed E-state index contributed by atoms with van der Waals surface area (Å²) in [6.45, 7) is 10.6. The second-order valence-electron chi connectivity index (χ2n) is 14.4. The molecule has 270 valence electrons. The number of nitrogens with one attached hydrogen (secondary N) is 2. The Balaban J connectivity index is 1.46. The Labute approximate surface area is 292 Å². The number of fused-ring (bicyclic) bond motifs is 9. The highest BCUT2D eigenvalue weighted by Gasteiger charge is 2.57. The molecule has 14 nitrogen and oxygen atoms in total. The van der Waals surface area contributed by atoms with Gasteiger partial charge in [0, 0.05) is 48.0 Å². The van der Waals surface area contributed by atoms with Gasteiger partial charge in [0.1, 0.15) is 23.4 Å². The SMILES string of the molecule is COCOc1c(OC)c(C)cc2c1[C@@H]1C3Cc4c(O)c(C)c5c(c4[C@H](CNC(=O)C(C)NC(=O)OC(C)(C)C)N3[C@@H](C#N)[C@H](C2)N1C)OCO5. The molecule has 4 heterocycles. The van der Waals surface area contributed by atoms with Gasteiger partial charge in [-0.25, -0.2) is 4.79 Å². The Kier molecular flexibility index (Phi) is 9.45. The number of hydrogen-bond acceptors (Lipinski definition) is 12. The molecule has 2 bridgehead atoms. The topological polar surface area (TPSA) is 164 Å². The number of ether oxygens (including phenoxy) is 6. The number of hydrogen-bond donors (Lipinski definition) is 3. The minimum absolute atomic E-state index is 0.0117. The van der Waals surface area contributed by atoms with Crippen LogP contribution in [0.3, 0.4) is 0 Å². The molecule has 4 aliphatic heterocycles. The predicted molar refractivity (Wildman–Crippen MR) is 181 cm³/mol. The van der Waals surface area contributed by atoms with Crippen LogP contribution >= 0.6 is 0 Å². The quantitative estimate of drug-likeness (QED) is 0.345. The lowest BCUT2D eigenvalue weighted by atomic mass is 9.71. The number of nitrogens with zero attached hydrogens (tertiary/aromatic N) is 3. The fourth-order valence-electron chi connectivity index (χ4n) is 8.18. The lowest BCUT2D eigenvalue weighted by Gasteiger charge is -2.60. The minimum Gasteiger partial charge on any atom is -0.507 e. The van der Waals surface area contributed by atoms with Gasteiger partial charge in [0.15, 0.2) is 29.8 Å². The number of nitriles is 1. The van der Waals surface area contributed by atoms with Crippen LogP contribution in [0, 0.1) is 25.2 Å². The summed E-state index contributed by atoms with van der Waals surface area (Å²) in [4.78, 5) is 30.4. The monoisotopic (exact) mass is 693 g/mol. The fourth-order valence-corrected chi connectivity index (χ4v) is 8.18. The molecule has 4 aliphatic rings. The van der Waals surface area contributed by atoms with Crippen molar-refractivity contribution in [2.75, 3.05) is 41.4 Å². The maximum atomic E-state index is 13.5. The van der Waals surface area contributed by atoms with E-state index in [1.54, 1.807) is 48.8 Å². The summed E-state index contributed by atoms with van der Waals surface area (Å²) in [5.41, 5.74) is 4.08. The molecular formula is C36H47N5O9. The van der Waals surface area contributed by atoms with E-state index < -0.39 is 35.7 Å². The Bertz CT molecular complexity index is 1730. The molecule has 50 heavy (non-hydrogen) atoms. The molecule has 0 aromatic heterocycles. The average Bonchev–Trinajstić information content (AvgIpc) is 3.54. The standard InChI is InChI=1S/C36H47N5O9/c1-17-10-20-11-22-24(13-37)41-23(28(40(22)7)26(20)32(30(17)46-9)47-15-45-8)12-21-27(33-31(48-16-49-33)18(2)29(21)42)25(41)14-38-34(43)19(3)39-35(44)50-36(4,5)6/h10,19,22-25,28,42H,11-12,14-16H2,1-9H3,(H,38,43)(H,39,44)/t19?,22-,23?,24-,25-,28-/m0/s1. The van der Waals surface area contributed by atoms with E-state index in [0.29, 0.717) is 52.5 Å². The van der Waals surface area contributed by atoms with Crippen molar-refractivity contribution in [3.63, 3.8) is 0 Å². The highest BCUT2D eigenvalue weighted by Crippen LogP contribution is 2.58. The van der Waals surface area contributed by atoms with E-state index in [0.717, 1.165) is 16.7 Å². The number of rotatable bonds is 8. The first-order chi connectivity index (χ1) is 23.7. The molecular weight excluding hydrogens is 646 g/mol. The number of aryl methyl sites for hydroxylation is 1. The Morgan fingerprint density at radius 2 is 1.84 bits per heavy atom. The largest absolute Gasteiger partial charge is 0.507 e. The number of likely N-dealkylation sites (N-methyl/N-ethyl adjacent to an activating group) is 1. The van der Waals surface area contributed by atoms with Crippen LogP contribution in [0.4, 0.5) is 4.79 Å². The van der Waals surface area contributed by atoms with Gasteiger partial charge in [-0.2, -0.15) is 5.26 Å². The highest BCUT2D eigenvalue weighted by atomic mass is 16.7. The molecule has 6 atom stereocenters. The van der Waals surface area contributed by atoms with Crippen molar-refractivity contribution in [3.05, 3.63) is 39.4 Å². The molecule has 2 unspecified atom stereocenters. The normalized spacial score (nSPS) is 24.2. The summed E-state index contributed by atoms with van der Waals surface area (Å²) < 4.78 is 34.7. The smallest absolute Gasteiger partial charge is 0.408 e. The van der Waals surface area contributed by atoms with Crippen molar-refractivity contribution in [3.8, 4) is 34.8 Å². The summed E-state index contributed by atoms with van der Waals surface area (Å²) in [5, 5.41) is 28.2. The molecule has 0 saturated carbocycles. The van der Waals surface area contributed by atoms with Gasteiger partial charge in [-0.3, -0.25) is 14.6 Å². The van der Waals surface area contributed by atoms with Crippen molar-refractivity contribution < 1.29 is 43.1 Å². The average molecular weight is 694 g/mol. The summed E-state index contributed by atoms with van der Waals surface area (Å²) in [7, 11) is 5.20. The van der Waals surface area contributed by atoms with E-state index in [2.05, 4.69) is 32.6 Å². The molecule has 1 fully saturated rings. The number of phenols is 1. The fraction of sp³-hybridized carbons (Fsp3) is 0.583. The van der Waals surface area contributed by atoms with Gasteiger partial charge in [-0.15, -0.1) is 0 Å². The van der Waals surface area contributed by atoms with Gasteiger partial charge in [0.25, 0.3) is 0 Å². The first kappa shape index (κ1) is 35.4. The number of methoxy groups -OCH3 is 2. The second-order valence-corrected chi connectivity index (χ2v) is 14.4. The molecule has 2 amide bonds. The van der Waals surface area contributed by atoms with Crippen LogP contribution in [-0.4, -0.2) is 98.1 Å². The molecule has 2 aromatic carbocycles. The molecule has 0 aliphatic carbocycles. The number of phenolic OH excluding ortho intramolecular Hbond substituents is 1. The first-order valence-electron chi connectivity index (χ1n) is 16.8. The van der Waals surface area contributed by atoms with Crippen molar-refractivity contribution in [1.29, 1.82) is 5.26 Å². The van der Waals surface area contributed by atoms with Crippen LogP contribution in [-0.2, 0) is 27.1 Å². The maximum Gasteiger partial charge on any atom is 0.408 e. The molecule has 0 spiro atoms. The van der Waals surface area contributed by atoms with E-state index in [-0.39, 0.29) is 44.0 Å². The number of benzene rings is 2. The third-order valence-corrected chi connectivity index (χ3v) is 10.2. The Morgan fingerprint density at radius 1 is 1.12 bits per heavy atom. The van der Waals surface area contributed by atoms with Crippen LogP contribution in [0.5, 0.6) is 28.7 Å². The number of carbonyl (C=O) groups is 2. The zero-order valence-electron chi connectivity index (χ0n) is 30.1. The number of piperazine rings is 1. The Hall–Kier alpha value is -4.45. The number of aromatic hydroxyl groups is 1. The van der Waals surface area contributed by atoms with Gasteiger partial charge in [-0.1, -0.05) is 6.07 Å². The molecule has 14 heteroatoms. The number of amides is 2. The summed E-state index contributed by atoms with van der Waals surface area (Å²) >= 11 is 0. The van der Waals surface area contributed by atoms with Gasteiger partial charge < -0.3 is 44.2 Å². The molecule has 6 rings (SSSR count). The van der Waals surface area contributed by atoms with Crippen molar-refractivity contribution in [2.24, 2.45) is 0 Å². The van der Waals surface area contributed by atoms with E-state index in [9.17, 15) is 20.0 Å². The highest BCUT2D eigenvalue weighted by molar-refractivity contribution is 5.85. The van der Waals surface area contributed by atoms with Gasteiger partial charge >= 0.3 is 6.09 Å². The lowest BCUT2D eigenvalue weighted by molar-refractivity contribution is -0.123. The molecule has 3 N–H and O–H groups in total. The first-order valence-corrected chi connectivity index (χ1v) is 16.8. The summed E-state index contributed by atoms with van der Waals surface area (Å²) in [6, 6.07) is 1.73. The zero-order valence-corrected chi connectivity index (χ0v) is 30.1. The van der Waals surface area contributed by atoms with Crippen LogP contribution in [0.1, 0.15) is 73.2 Å². The van der Waals surface area contributed by atoms with E-state index in [4.69, 9.17) is 28.4 Å². The third-order valence-electron chi connectivity index (χ3n) is 10.2. The maximum absolute atomic E-state index is 13.5. The zero-order chi connectivity index (χ0) is 36.2. The molecule has 1 saturated heterocycles. The van der Waals surface area contributed by atoms with E-state index >= 15 is 0 Å². The van der Waals surface area contributed by atoms with Crippen LogP contribution < -0.4 is 29.6 Å². The molecule has 2 aromatic rings. The van der Waals surface area contributed by atoms with Gasteiger partial charge in [0.05, 0.1) is 25.3 Å². The number of alkyl carbamates (subject to hydrolysis) is 1. The van der Waals surface area contributed by atoms with Crippen LogP contribution in [0.2, 0.25) is 0 Å².